The van der Waals surface area contributed by atoms with E-state index in [1.54, 1.807) is 7.11 Å². The number of hydrogen-bond acceptors (Lipinski definition) is 3. The van der Waals surface area contributed by atoms with Crippen molar-refractivity contribution in [3.63, 3.8) is 0 Å². The van der Waals surface area contributed by atoms with E-state index < -0.39 is 0 Å². The molecule has 1 saturated heterocycles. The van der Waals surface area contributed by atoms with Gasteiger partial charge >= 0.3 is 0 Å². The maximum Gasteiger partial charge on any atom is 0.145 e. The van der Waals surface area contributed by atoms with Gasteiger partial charge in [-0.15, -0.1) is 0 Å². The fourth-order valence-corrected chi connectivity index (χ4v) is 3.37. The van der Waals surface area contributed by atoms with E-state index in [2.05, 4.69) is 18.0 Å². The van der Waals surface area contributed by atoms with Crippen LogP contribution in [-0.4, -0.2) is 37.9 Å². The van der Waals surface area contributed by atoms with Gasteiger partial charge in [-0.2, -0.15) is 0 Å². The summed E-state index contributed by atoms with van der Waals surface area (Å²) in [6, 6.07) is 7.98. The minimum atomic E-state index is -0.247. The molecular weight excluding hydrogens is 214 g/mol. The molecule has 1 aromatic carbocycles. The molecule has 0 bridgehead atoms. The van der Waals surface area contributed by atoms with Gasteiger partial charge in [-0.25, -0.2) is 0 Å². The number of likely N-dealkylation sites (N-methyl/N-ethyl adjacent to an activating group) is 1. The average molecular weight is 231 g/mol. The minimum absolute atomic E-state index is 0.247. The van der Waals surface area contributed by atoms with Gasteiger partial charge in [-0.1, -0.05) is 12.1 Å². The molecule has 0 aromatic heterocycles. The standard InChI is InChI=1S/C14H17NO2/c1-15-8-11-7-13(16)14(11,9-15)10-4-3-5-12(6-10)17-2/h3-6,11H,7-9H2,1-2H3/t11-,14-/m0/s1. The van der Waals surface area contributed by atoms with Crippen molar-refractivity contribution in [3.05, 3.63) is 29.8 Å². The second-order valence-electron chi connectivity index (χ2n) is 5.22. The van der Waals surface area contributed by atoms with Crippen molar-refractivity contribution in [2.24, 2.45) is 5.92 Å². The molecule has 3 nitrogen and oxygen atoms in total. The third kappa shape index (κ3) is 1.35. The predicted molar refractivity (Wildman–Crippen MR) is 65.3 cm³/mol. The molecule has 3 rings (SSSR count). The molecule has 0 radical (unpaired) electrons. The first kappa shape index (κ1) is 10.8. The number of Topliss-reactive ketones (excluding diaryl/α,β-unsaturated/α-hetero) is 1. The van der Waals surface area contributed by atoms with E-state index in [0.29, 0.717) is 11.7 Å². The van der Waals surface area contributed by atoms with Crippen LogP contribution in [-0.2, 0) is 10.2 Å². The van der Waals surface area contributed by atoms with Gasteiger partial charge in [0.05, 0.1) is 12.5 Å². The van der Waals surface area contributed by atoms with Crippen LogP contribution in [0.3, 0.4) is 0 Å². The van der Waals surface area contributed by atoms with Crippen molar-refractivity contribution >= 4 is 5.78 Å². The van der Waals surface area contributed by atoms with Gasteiger partial charge in [-0.3, -0.25) is 4.79 Å². The summed E-state index contributed by atoms with van der Waals surface area (Å²) in [5, 5.41) is 0. The van der Waals surface area contributed by atoms with Crippen LogP contribution in [0.25, 0.3) is 0 Å². The molecule has 1 saturated carbocycles. The number of carbonyl (C=O) groups excluding carboxylic acids is 1. The van der Waals surface area contributed by atoms with Gasteiger partial charge < -0.3 is 9.64 Å². The summed E-state index contributed by atoms with van der Waals surface area (Å²) in [7, 11) is 3.76. The maximum atomic E-state index is 12.1. The number of nitrogens with zero attached hydrogens (tertiary/aromatic N) is 1. The topological polar surface area (TPSA) is 29.5 Å². The Kier molecular flexibility index (Phi) is 2.26. The monoisotopic (exact) mass is 231 g/mol. The Labute approximate surface area is 101 Å². The highest BCUT2D eigenvalue weighted by Gasteiger charge is 2.59. The fourth-order valence-electron chi connectivity index (χ4n) is 3.37. The molecule has 2 atom stereocenters. The molecule has 2 fully saturated rings. The molecule has 1 aliphatic carbocycles. The van der Waals surface area contributed by atoms with E-state index in [1.165, 1.54) is 0 Å². The third-order valence-electron chi connectivity index (χ3n) is 4.26. The van der Waals surface area contributed by atoms with Crippen LogP contribution in [0.1, 0.15) is 12.0 Å². The Bertz CT molecular complexity index is 471. The fraction of sp³-hybridized carbons (Fsp3) is 0.500. The Morgan fingerprint density at radius 1 is 1.47 bits per heavy atom. The lowest BCUT2D eigenvalue weighted by Gasteiger charge is -2.42. The second-order valence-corrected chi connectivity index (χ2v) is 5.22. The third-order valence-corrected chi connectivity index (χ3v) is 4.26. The van der Waals surface area contributed by atoms with E-state index in [-0.39, 0.29) is 5.41 Å². The lowest BCUT2D eigenvalue weighted by Crippen LogP contribution is -2.53. The highest BCUT2D eigenvalue weighted by molar-refractivity contribution is 5.98. The molecule has 90 valence electrons. The number of ether oxygens (including phenoxy) is 1. The molecule has 0 amide bonds. The molecule has 0 N–H and O–H groups in total. The average Bonchev–Trinajstić information content (AvgIpc) is 2.61. The van der Waals surface area contributed by atoms with Crippen LogP contribution in [0.2, 0.25) is 0 Å². The Morgan fingerprint density at radius 3 is 2.94 bits per heavy atom. The second kappa shape index (κ2) is 3.57. The molecule has 1 aliphatic heterocycles. The minimum Gasteiger partial charge on any atom is -0.497 e. The van der Waals surface area contributed by atoms with Crippen molar-refractivity contribution in [2.75, 3.05) is 27.2 Å². The first-order valence-electron chi connectivity index (χ1n) is 6.03. The highest BCUT2D eigenvalue weighted by atomic mass is 16.5. The number of hydrogen-bond donors (Lipinski definition) is 0. The van der Waals surface area contributed by atoms with Gasteiger partial charge in [0.2, 0.25) is 0 Å². The van der Waals surface area contributed by atoms with Crippen molar-refractivity contribution in [1.29, 1.82) is 0 Å². The number of ketones is 1. The molecule has 2 aliphatic rings. The van der Waals surface area contributed by atoms with E-state index in [1.807, 2.05) is 18.2 Å². The van der Waals surface area contributed by atoms with Gasteiger partial charge in [-0.05, 0) is 30.7 Å². The Balaban J connectivity index is 2.04. The lowest BCUT2D eigenvalue weighted by molar-refractivity contribution is -0.134. The molecule has 3 heteroatoms. The Morgan fingerprint density at radius 2 is 2.29 bits per heavy atom. The summed E-state index contributed by atoms with van der Waals surface area (Å²) >= 11 is 0. The normalized spacial score (nSPS) is 32.1. The van der Waals surface area contributed by atoms with Crippen molar-refractivity contribution < 1.29 is 9.53 Å². The number of carbonyl (C=O) groups is 1. The summed E-state index contributed by atoms with van der Waals surface area (Å²) in [5.74, 6) is 1.72. The van der Waals surface area contributed by atoms with Crippen LogP contribution in [0, 0.1) is 5.92 Å². The highest BCUT2D eigenvalue weighted by Crippen LogP contribution is 2.50. The van der Waals surface area contributed by atoms with Crippen LogP contribution < -0.4 is 4.74 Å². The number of methoxy groups -OCH3 is 1. The van der Waals surface area contributed by atoms with Gasteiger partial charge in [0.15, 0.2) is 0 Å². The number of fused-ring (bicyclic) bond motifs is 1. The smallest absolute Gasteiger partial charge is 0.145 e. The van der Waals surface area contributed by atoms with Crippen molar-refractivity contribution in [3.8, 4) is 5.75 Å². The van der Waals surface area contributed by atoms with E-state index in [4.69, 9.17) is 4.74 Å². The summed E-state index contributed by atoms with van der Waals surface area (Å²) in [5.41, 5.74) is 0.881. The summed E-state index contributed by atoms with van der Waals surface area (Å²) in [4.78, 5) is 14.4. The number of benzene rings is 1. The molecule has 17 heavy (non-hydrogen) atoms. The lowest BCUT2D eigenvalue weighted by atomic mass is 9.57. The first-order valence-corrected chi connectivity index (χ1v) is 6.03. The van der Waals surface area contributed by atoms with Gasteiger partial charge in [0.1, 0.15) is 11.5 Å². The van der Waals surface area contributed by atoms with E-state index in [9.17, 15) is 4.79 Å². The zero-order valence-corrected chi connectivity index (χ0v) is 10.3. The SMILES string of the molecule is COc1cccc([C@@]23CN(C)C[C@@H]2CC3=O)c1. The number of rotatable bonds is 2. The quantitative estimate of drug-likeness (QED) is 0.772. The molecule has 1 heterocycles. The summed E-state index contributed by atoms with van der Waals surface area (Å²) in [6.45, 7) is 1.88. The molecular formula is C14H17NO2. The molecule has 1 aromatic rings. The van der Waals surface area contributed by atoms with E-state index in [0.717, 1.165) is 30.8 Å². The van der Waals surface area contributed by atoms with Crippen LogP contribution in [0.5, 0.6) is 5.75 Å². The van der Waals surface area contributed by atoms with Crippen LogP contribution in [0.15, 0.2) is 24.3 Å². The Hall–Kier alpha value is -1.35. The van der Waals surface area contributed by atoms with Crippen molar-refractivity contribution in [1.82, 2.24) is 4.90 Å². The first-order chi connectivity index (χ1) is 8.16. The molecule has 0 spiro atoms. The predicted octanol–water partition coefficient (Wildman–Crippen LogP) is 1.47. The zero-order valence-electron chi connectivity index (χ0n) is 10.3. The van der Waals surface area contributed by atoms with Gasteiger partial charge in [0.25, 0.3) is 0 Å². The van der Waals surface area contributed by atoms with Crippen molar-refractivity contribution in [2.45, 2.75) is 11.8 Å². The van der Waals surface area contributed by atoms with Crippen LogP contribution >= 0.6 is 0 Å². The van der Waals surface area contributed by atoms with Crippen LogP contribution in [0.4, 0.5) is 0 Å². The van der Waals surface area contributed by atoms with Gasteiger partial charge in [0, 0.05) is 19.5 Å². The maximum absolute atomic E-state index is 12.1. The largest absolute Gasteiger partial charge is 0.497 e. The zero-order chi connectivity index (χ0) is 12.0. The molecule has 0 unspecified atom stereocenters. The number of likely N-dealkylation sites (tertiary alicyclic amines) is 1. The summed E-state index contributed by atoms with van der Waals surface area (Å²) in [6.07, 6.45) is 0.738. The summed E-state index contributed by atoms with van der Waals surface area (Å²) < 4.78 is 5.26. The van der Waals surface area contributed by atoms with E-state index >= 15 is 0 Å².